The minimum absolute atomic E-state index is 0.00338. The van der Waals surface area contributed by atoms with E-state index in [0.717, 1.165) is 45.3 Å². The van der Waals surface area contributed by atoms with Crippen molar-refractivity contribution in [1.82, 2.24) is 24.8 Å². The number of carbonyl (C=O) groups excluding carboxylic acids is 1. The lowest BCUT2D eigenvalue weighted by atomic mass is 9.99. The van der Waals surface area contributed by atoms with E-state index in [1.807, 2.05) is 42.6 Å². The second-order valence-corrected chi connectivity index (χ2v) is 9.62. The van der Waals surface area contributed by atoms with Gasteiger partial charge in [-0.05, 0) is 65.0 Å². The fourth-order valence-corrected chi connectivity index (χ4v) is 4.60. The lowest BCUT2D eigenvalue weighted by Crippen LogP contribution is -2.39. The van der Waals surface area contributed by atoms with E-state index >= 15 is 0 Å². The smallest absolute Gasteiger partial charge is 0.228 e. The van der Waals surface area contributed by atoms with Gasteiger partial charge in [-0.1, -0.05) is 48.4 Å². The summed E-state index contributed by atoms with van der Waals surface area (Å²) in [6, 6.07) is 10.7. The first-order valence-electron chi connectivity index (χ1n) is 13.0. The highest BCUT2D eigenvalue weighted by Crippen LogP contribution is 2.31. The molecule has 1 aliphatic rings. The number of benzene rings is 1. The van der Waals surface area contributed by atoms with E-state index in [1.165, 1.54) is 5.56 Å². The van der Waals surface area contributed by atoms with Crippen molar-refractivity contribution >= 4 is 5.91 Å². The molecule has 0 saturated carbocycles. The van der Waals surface area contributed by atoms with Gasteiger partial charge in [0.1, 0.15) is 0 Å². The standard InChI is InChI=1S/C28H41N5O2/c1-6-32(7-2)28(34)23(4)27-16-15-26(35-27)20-22(3)33-21-25(29-30-33)14-11-18-31(5)19-17-24-12-9-8-10-13-24/h8-10,12-13,21-23,26-27H,6-7,15-20H2,1-5H3/t22-,23-,26+,27-/m1/s1. The van der Waals surface area contributed by atoms with E-state index in [4.69, 9.17) is 4.74 Å². The summed E-state index contributed by atoms with van der Waals surface area (Å²) >= 11 is 0. The molecule has 0 bridgehead atoms. The van der Waals surface area contributed by atoms with Crippen molar-refractivity contribution in [2.24, 2.45) is 5.92 Å². The van der Waals surface area contributed by atoms with Crippen molar-refractivity contribution in [2.75, 3.05) is 33.2 Å². The predicted molar refractivity (Wildman–Crippen MR) is 139 cm³/mol. The molecule has 0 radical (unpaired) electrons. The summed E-state index contributed by atoms with van der Waals surface area (Å²) in [5, 5.41) is 8.53. The van der Waals surface area contributed by atoms with Gasteiger partial charge in [0.05, 0.1) is 36.9 Å². The first-order valence-corrected chi connectivity index (χ1v) is 13.0. The van der Waals surface area contributed by atoms with Gasteiger partial charge < -0.3 is 9.64 Å². The molecular weight excluding hydrogens is 438 g/mol. The Morgan fingerprint density at radius 2 is 1.94 bits per heavy atom. The molecule has 1 amide bonds. The Bertz CT molecular complexity index is 976. The number of amides is 1. The van der Waals surface area contributed by atoms with Gasteiger partial charge in [-0.3, -0.25) is 9.69 Å². The highest BCUT2D eigenvalue weighted by molar-refractivity contribution is 5.79. The van der Waals surface area contributed by atoms with Crippen LogP contribution in [0.3, 0.4) is 0 Å². The number of hydrogen-bond acceptors (Lipinski definition) is 5. The third kappa shape index (κ3) is 7.91. The van der Waals surface area contributed by atoms with E-state index in [1.54, 1.807) is 0 Å². The third-order valence-electron chi connectivity index (χ3n) is 6.92. The molecule has 0 unspecified atom stereocenters. The lowest BCUT2D eigenvalue weighted by molar-refractivity contribution is -0.139. The molecular formula is C28H41N5O2. The first kappa shape index (κ1) is 26.9. The molecule has 35 heavy (non-hydrogen) atoms. The van der Waals surface area contributed by atoms with Gasteiger partial charge in [0, 0.05) is 19.6 Å². The summed E-state index contributed by atoms with van der Waals surface area (Å²) in [5.41, 5.74) is 2.03. The van der Waals surface area contributed by atoms with Crippen molar-refractivity contribution in [3.05, 3.63) is 47.8 Å². The van der Waals surface area contributed by atoms with Gasteiger partial charge in [-0.15, -0.1) is 5.10 Å². The first-order chi connectivity index (χ1) is 16.9. The summed E-state index contributed by atoms with van der Waals surface area (Å²) in [7, 11) is 2.09. The molecule has 0 aliphatic carbocycles. The predicted octanol–water partition coefficient (Wildman–Crippen LogP) is 3.81. The van der Waals surface area contributed by atoms with Crippen LogP contribution in [-0.2, 0) is 16.0 Å². The van der Waals surface area contributed by atoms with Crippen LogP contribution in [0.25, 0.3) is 0 Å². The van der Waals surface area contributed by atoms with Crippen molar-refractivity contribution in [3.63, 3.8) is 0 Å². The Balaban J connectivity index is 1.43. The van der Waals surface area contributed by atoms with E-state index in [0.29, 0.717) is 12.2 Å². The molecule has 0 N–H and O–H groups in total. The molecule has 2 aromatic rings. The molecule has 1 aliphatic heterocycles. The zero-order valence-corrected chi connectivity index (χ0v) is 22.0. The molecule has 7 heteroatoms. The number of nitrogens with zero attached hydrogens (tertiary/aromatic N) is 5. The number of rotatable bonds is 11. The van der Waals surface area contributed by atoms with Crippen LogP contribution in [0.15, 0.2) is 36.5 Å². The SMILES string of the molecule is CCN(CC)C(=O)[C@H](C)[C@H]1CC[C@@H](C[C@@H](C)n2cc(C#CCN(C)CCc3ccccc3)nn2)O1. The van der Waals surface area contributed by atoms with Crippen LogP contribution in [-0.4, -0.2) is 76.1 Å². The second-order valence-electron chi connectivity index (χ2n) is 9.62. The Morgan fingerprint density at radius 3 is 2.66 bits per heavy atom. The highest BCUT2D eigenvalue weighted by atomic mass is 16.5. The van der Waals surface area contributed by atoms with Gasteiger partial charge in [0.25, 0.3) is 0 Å². The van der Waals surface area contributed by atoms with E-state index in [-0.39, 0.29) is 30.1 Å². The average Bonchev–Trinajstić information content (AvgIpc) is 3.53. The van der Waals surface area contributed by atoms with Crippen molar-refractivity contribution in [1.29, 1.82) is 0 Å². The van der Waals surface area contributed by atoms with Crippen molar-refractivity contribution < 1.29 is 9.53 Å². The molecule has 190 valence electrons. The Hall–Kier alpha value is -2.69. The van der Waals surface area contributed by atoms with Crippen LogP contribution in [0.4, 0.5) is 0 Å². The summed E-state index contributed by atoms with van der Waals surface area (Å²) in [6.45, 7) is 11.3. The zero-order chi connectivity index (χ0) is 25.2. The molecule has 2 heterocycles. The van der Waals surface area contributed by atoms with Crippen LogP contribution in [0, 0.1) is 17.8 Å². The number of aromatic nitrogens is 3. The maximum Gasteiger partial charge on any atom is 0.228 e. The summed E-state index contributed by atoms with van der Waals surface area (Å²) < 4.78 is 8.17. The monoisotopic (exact) mass is 479 g/mol. The Morgan fingerprint density at radius 1 is 1.20 bits per heavy atom. The fraction of sp³-hybridized carbons (Fsp3) is 0.607. The largest absolute Gasteiger partial charge is 0.374 e. The van der Waals surface area contributed by atoms with Crippen LogP contribution in [0.1, 0.15) is 64.3 Å². The van der Waals surface area contributed by atoms with Crippen LogP contribution < -0.4 is 0 Å². The van der Waals surface area contributed by atoms with Crippen LogP contribution >= 0.6 is 0 Å². The van der Waals surface area contributed by atoms with Gasteiger partial charge in [0.15, 0.2) is 5.69 Å². The maximum atomic E-state index is 12.7. The third-order valence-corrected chi connectivity index (χ3v) is 6.92. The minimum Gasteiger partial charge on any atom is -0.374 e. The zero-order valence-electron chi connectivity index (χ0n) is 22.0. The normalized spacial score (nSPS) is 19.3. The molecule has 3 rings (SSSR count). The molecule has 1 saturated heterocycles. The van der Waals surface area contributed by atoms with Gasteiger partial charge in [0.2, 0.25) is 5.91 Å². The van der Waals surface area contributed by atoms with E-state index in [9.17, 15) is 4.79 Å². The van der Waals surface area contributed by atoms with E-state index in [2.05, 4.69) is 65.3 Å². The lowest BCUT2D eigenvalue weighted by Gasteiger charge is -2.26. The molecule has 7 nitrogen and oxygen atoms in total. The van der Waals surface area contributed by atoms with Gasteiger partial charge in [-0.25, -0.2) is 4.68 Å². The summed E-state index contributed by atoms with van der Waals surface area (Å²) in [4.78, 5) is 16.8. The number of carbonyl (C=O) groups is 1. The van der Waals surface area contributed by atoms with Crippen molar-refractivity contribution in [2.45, 2.75) is 71.6 Å². The average molecular weight is 480 g/mol. The number of likely N-dealkylation sites (N-methyl/N-ethyl adjacent to an activating group) is 1. The summed E-state index contributed by atoms with van der Waals surface area (Å²) in [6.07, 6.45) is 5.82. The topological polar surface area (TPSA) is 63.5 Å². The van der Waals surface area contributed by atoms with Gasteiger partial charge in [-0.2, -0.15) is 0 Å². The Labute approximate surface area is 210 Å². The molecule has 1 aromatic carbocycles. The maximum absolute atomic E-state index is 12.7. The summed E-state index contributed by atoms with van der Waals surface area (Å²) in [5.74, 6) is 6.44. The molecule has 4 atom stereocenters. The highest BCUT2D eigenvalue weighted by Gasteiger charge is 2.35. The quantitative estimate of drug-likeness (QED) is 0.459. The van der Waals surface area contributed by atoms with Crippen LogP contribution in [0.5, 0.6) is 0 Å². The fourth-order valence-electron chi connectivity index (χ4n) is 4.60. The van der Waals surface area contributed by atoms with E-state index < -0.39 is 0 Å². The molecule has 1 aromatic heterocycles. The number of ether oxygens (including phenoxy) is 1. The number of hydrogen-bond donors (Lipinski definition) is 0. The molecule has 0 spiro atoms. The Kier molecular flexibility index (Phi) is 10.3. The van der Waals surface area contributed by atoms with Crippen molar-refractivity contribution in [3.8, 4) is 11.8 Å². The second kappa shape index (κ2) is 13.4. The van der Waals surface area contributed by atoms with Gasteiger partial charge >= 0.3 is 0 Å². The molecule has 1 fully saturated rings. The minimum atomic E-state index is -0.103. The van der Waals surface area contributed by atoms with Crippen LogP contribution in [0.2, 0.25) is 0 Å².